The lowest BCUT2D eigenvalue weighted by molar-refractivity contribution is -0.0248. The summed E-state index contributed by atoms with van der Waals surface area (Å²) in [5.74, 6) is 1.02. The van der Waals surface area contributed by atoms with Crippen molar-refractivity contribution in [3.63, 3.8) is 0 Å². The van der Waals surface area contributed by atoms with E-state index < -0.39 is 0 Å². The van der Waals surface area contributed by atoms with Crippen LogP contribution in [0.2, 0.25) is 0 Å². The Labute approximate surface area is 128 Å². The zero-order chi connectivity index (χ0) is 15.5. The van der Waals surface area contributed by atoms with Gasteiger partial charge in [-0.3, -0.25) is 4.79 Å². The molecule has 2 heterocycles. The zero-order valence-electron chi connectivity index (χ0n) is 12.4. The Morgan fingerprint density at radius 1 is 1.32 bits per heavy atom. The van der Waals surface area contributed by atoms with Crippen LogP contribution in [0.1, 0.15) is 28.0 Å². The lowest BCUT2D eigenvalue weighted by atomic mass is 10.1. The minimum absolute atomic E-state index is 0.00708. The van der Waals surface area contributed by atoms with Crippen molar-refractivity contribution < 1.29 is 9.53 Å². The van der Waals surface area contributed by atoms with E-state index in [2.05, 4.69) is 9.97 Å². The Morgan fingerprint density at radius 2 is 2.09 bits per heavy atom. The molecule has 1 saturated heterocycles. The second-order valence-corrected chi connectivity index (χ2v) is 5.24. The number of ether oxygens (including phenoxy) is 1. The quantitative estimate of drug-likeness (QED) is 0.910. The predicted molar refractivity (Wildman–Crippen MR) is 82.2 cm³/mol. The molecular formula is C16H18N4O2. The summed E-state index contributed by atoms with van der Waals surface area (Å²) in [6.45, 7) is 3.30. The topological polar surface area (TPSA) is 81.3 Å². The third-order valence-corrected chi connectivity index (χ3v) is 3.58. The molecule has 3 rings (SSSR count). The number of amides is 1. The van der Waals surface area contributed by atoms with Gasteiger partial charge in [-0.05, 0) is 19.1 Å². The van der Waals surface area contributed by atoms with Gasteiger partial charge in [-0.25, -0.2) is 9.97 Å². The van der Waals surface area contributed by atoms with Crippen molar-refractivity contribution in [2.75, 3.05) is 25.4 Å². The van der Waals surface area contributed by atoms with E-state index in [1.54, 1.807) is 17.9 Å². The number of anilines is 1. The molecule has 1 fully saturated rings. The van der Waals surface area contributed by atoms with Crippen molar-refractivity contribution in [2.45, 2.75) is 13.0 Å². The summed E-state index contributed by atoms with van der Waals surface area (Å²) in [5.41, 5.74) is 7.16. The summed E-state index contributed by atoms with van der Waals surface area (Å²) in [6, 6.07) is 11.0. The fraction of sp³-hybridized carbons (Fsp3) is 0.312. The second kappa shape index (κ2) is 6.11. The van der Waals surface area contributed by atoms with Gasteiger partial charge in [0, 0.05) is 18.2 Å². The van der Waals surface area contributed by atoms with Crippen molar-refractivity contribution in [1.82, 2.24) is 14.9 Å². The number of rotatable bonds is 2. The first-order valence-corrected chi connectivity index (χ1v) is 7.20. The number of nitrogens with two attached hydrogens (primary N) is 1. The van der Waals surface area contributed by atoms with Crippen LogP contribution in [-0.4, -0.2) is 40.5 Å². The van der Waals surface area contributed by atoms with Crippen molar-refractivity contribution in [1.29, 1.82) is 0 Å². The molecule has 0 saturated carbocycles. The smallest absolute Gasteiger partial charge is 0.254 e. The van der Waals surface area contributed by atoms with Crippen LogP contribution >= 0.6 is 0 Å². The minimum Gasteiger partial charge on any atom is -0.384 e. The second-order valence-electron chi connectivity index (χ2n) is 5.24. The first-order chi connectivity index (χ1) is 10.6. The van der Waals surface area contributed by atoms with Gasteiger partial charge in [0.1, 0.15) is 17.7 Å². The average Bonchev–Trinajstić information content (AvgIpc) is 2.54. The van der Waals surface area contributed by atoms with E-state index in [0.717, 1.165) is 5.69 Å². The molecule has 114 valence electrons. The molecule has 1 atom stereocenters. The molecule has 1 aromatic heterocycles. The lowest BCUT2D eigenvalue weighted by Crippen LogP contribution is -2.42. The molecule has 2 aromatic rings. The molecular weight excluding hydrogens is 280 g/mol. The van der Waals surface area contributed by atoms with Crippen molar-refractivity contribution in [3.05, 3.63) is 53.5 Å². The fourth-order valence-corrected chi connectivity index (χ4v) is 2.56. The number of hydrogen-bond donors (Lipinski definition) is 1. The highest BCUT2D eigenvalue weighted by atomic mass is 16.5. The molecule has 22 heavy (non-hydrogen) atoms. The molecule has 6 nitrogen and oxygen atoms in total. The molecule has 0 radical (unpaired) electrons. The molecule has 0 bridgehead atoms. The Balaban J connectivity index is 1.78. The van der Waals surface area contributed by atoms with Crippen LogP contribution in [-0.2, 0) is 4.74 Å². The van der Waals surface area contributed by atoms with E-state index in [9.17, 15) is 4.79 Å². The fourth-order valence-electron chi connectivity index (χ4n) is 2.56. The van der Waals surface area contributed by atoms with Crippen LogP contribution in [0, 0.1) is 6.92 Å². The summed E-state index contributed by atoms with van der Waals surface area (Å²) in [7, 11) is 0. The summed E-state index contributed by atoms with van der Waals surface area (Å²) >= 11 is 0. The van der Waals surface area contributed by atoms with Gasteiger partial charge in [0.05, 0.1) is 18.8 Å². The van der Waals surface area contributed by atoms with Gasteiger partial charge in [0.15, 0.2) is 0 Å². The molecule has 0 aliphatic carbocycles. The van der Waals surface area contributed by atoms with E-state index in [-0.39, 0.29) is 12.0 Å². The Kier molecular flexibility index (Phi) is 4.02. The van der Waals surface area contributed by atoms with Crippen LogP contribution in [0.5, 0.6) is 0 Å². The third kappa shape index (κ3) is 3.07. The molecule has 2 N–H and O–H groups in total. The van der Waals surface area contributed by atoms with Gasteiger partial charge in [-0.15, -0.1) is 0 Å². The SMILES string of the molecule is Cc1nc(N)cc(C2CN(C(=O)c3ccccc3)CCO2)n1. The van der Waals surface area contributed by atoms with Crippen LogP contribution in [0.3, 0.4) is 0 Å². The number of benzene rings is 1. The average molecular weight is 298 g/mol. The van der Waals surface area contributed by atoms with Gasteiger partial charge >= 0.3 is 0 Å². The highest BCUT2D eigenvalue weighted by molar-refractivity contribution is 5.94. The zero-order valence-corrected chi connectivity index (χ0v) is 12.4. The van der Waals surface area contributed by atoms with Gasteiger partial charge in [-0.1, -0.05) is 18.2 Å². The summed E-state index contributed by atoms with van der Waals surface area (Å²) in [5, 5.41) is 0. The normalized spacial score (nSPS) is 18.2. The van der Waals surface area contributed by atoms with E-state index in [4.69, 9.17) is 10.5 Å². The highest BCUT2D eigenvalue weighted by Gasteiger charge is 2.27. The number of nitrogen functional groups attached to an aromatic ring is 1. The Bertz CT molecular complexity index is 655. The monoisotopic (exact) mass is 298 g/mol. The molecule has 1 aliphatic rings. The maximum Gasteiger partial charge on any atom is 0.254 e. The first kappa shape index (κ1) is 14.5. The number of aromatic nitrogens is 2. The first-order valence-electron chi connectivity index (χ1n) is 7.20. The number of nitrogens with zero attached hydrogens (tertiary/aromatic N) is 3. The number of carbonyl (C=O) groups is 1. The molecule has 1 amide bonds. The van der Waals surface area contributed by atoms with Gasteiger partial charge in [0.25, 0.3) is 5.91 Å². The summed E-state index contributed by atoms with van der Waals surface area (Å²) < 4.78 is 5.75. The minimum atomic E-state index is -0.273. The van der Waals surface area contributed by atoms with Gasteiger partial charge in [-0.2, -0.15) is 0 Å². The molecule has 1 aliphatic heterocycles. The number of aryl methyl sites for hydroxylation is 1. The van der Waals surface area contributed by atoms with E-state index >= 15 is 0 Å². The summed E-state index contributed by atoms with van der Waals surface area (Å²) in [6.07, 6.45) is -0.273. The number of carbonyl (C=O) groups excluding carboxylic acids is 1. The largest absolute Gasteiger partial charge is 0.384 e. The van der Waals surface area contributed by atoms with E-state index in [0.29, 0.717) is 36.9 Å². The molecule has 6 heteroatoms. The van der Waals surface area contributed by atoms with Crippen LogP contribution < -0.4 is 5.73 Å². The lowest BCUT2D eigenvalue weighted by Gasteiger charge is -2.32. The highest BCUT2D eigenvalue weighted by Crippen LogP contribution is 2.23. The van der Waals surface area contributed by atoms with E-state index in [1.807, 2.05) is 30.3 Å². The van der Waals surface area contributed by atoms with E-state index in [1.165, 1.54) is 0 Å². The van der Waals surface area contributed by atoms with Crippen molar-refractivity contribution in [2.24, 2.45) is 0 Å². The third-order valence-electron chi connectivity index (χ3n) is 3.58. The predicted octanol–water partition coefficient (Wildman–Crippen LogP) is 1.58. The summed E-state index contributed by atoms with van der Waals surface area (Å²) in [4.78, 5) is 22.7. The van der Waals surface area contributed by atoms with Gasteiger partial charge < -0.3 is 15.4 Å². The Morgan fingerprint density at radius 3 is 2.82 bits per heavy atom. The van der Waals surface area contributed by atoms with Crippen LogP contribution in [0.4, 0.5) is 5.82 Å². The van der Waals surface area contributed by atoms with Gasteiger partial charge in [0.2, 0.25) is 0 Å². The Hall–Kier alpha value is -2.47. The molecule has 1 unspecified atom stereocenters. The number of morpholine rings is 1. The van der Waals surface area contributed by atoms with Crippen LogP contribution in [0.15, 0.2) is 36.4 Å². The number of hydrogen-bond acceptors (Lipinski definition) is 5. The van der Waals surface area contributed by atoms with Crippen LogP contribution in [0.25, 0.3) is 0 Å². The van der Waals surface area contributed by atoms with Crippen molar-refractivity contribution in [3.8, 4) is 0 Å². The molecule has 1 aromatic carbocycles. The maximum atomic E-state index is 12.5. The maximum absolute atomic E-state index is 12.5. The standard InChI is InChI=1S/C16H18N4O2/c1-11-18-13(9-15(17)19-11)14-10-20(7-8-22-14)16(21)12-5-3-2-4-6-12/h2-6,9,14H,7-8,10H2,1H3,(H2,17,18,19). The van der Waals surface area contributed by atoms with Crippen molar-refractivity contribution >= 4 is 11.7 Å². The molecule has 0 spiro atoms.